The third-order valence-electron chi connectivity index (χ3n) is 3.22. The number of esters is 2. The third kappa shape index (κ3) is 3.26. The summed E-state index contributed by atoms with van der Waals surface area (Å²) >= 11 is 0. The Balaban J connectivity index is 3.29. The summed E-state index contributed by atoms with van der Waals surface area (Å²) in [6, 6.07) is 0. The number of ether oxygens (including phenoxy) is 3. The maximum absolute atomic E-state index is 14.0. The highest BCUT2D eigenvalue weighted by Crippen LogP contribution is 2.49. The molecule has 1 saturated heterocycles. The van der Waals surface area contributed by atoms with Crippen LogP contribution in [0.4, 0.5) is 17.6 Å². The molecule has 134 valence electrons. The van der Waals surface area contributed by atoms with Crippen molar-refractivity contribution >= 4 is 22.1 Å². The lowest BCUT2D eigenvalue weighted by Gasteiger charge is -2.30. The zero-order valence-electron chi connectivity index (χ0n) is 11.7. The molecule has 0 bridgehead atoms. The van der Waals surface area contributed by atoms with Gasteiger partial charge in [0.05, 0.1) is 20.1 Å². The van der Waals surface area contributed by atoms with Crippen LogP contribution in [0.2, 0.25) is 0 Å². The molecular formula is C10H12F4O8S. The number of carbonyl (C=O) groups is 2. The molecule has 1 heterocycles. The van der Waals surface area contributed by atoms with Gasteiger partial charge in [0.2, 0.25) is 0 Å². The second-order valence-corrected chi connectivity index (χ2v) is 6.01. The summed E-state index contributed by atoms with van der Waals surface area (Å²) in [5, 5.41) is -5.91. The molecule has 3 unspecified atom stereocenters. The molecule has 1 N–H and O–H groups in total. The summed E-state index contributed by atoms with van der Waals surface area (Å²) in [7, 11) is -4.90. The molecule has 1 aliphatic heterocycles. The van der Waals surface area contributed by atoms with E-state index in [1.165, 1.54) is 0 Å². The monoisotopic (exact) mass is 368 g/mol. The van der Waals surface area contributed by atoms with Gasteiger partial charge in [-0.25, -0.2) is 9.59 Å². The molecule has 8 nitrogen and oxygen atoms in total. The number of carbonyl (C=O) groups excluding carboxylic acids is 2. The van der Waals surface area contributed by atoms with Crippen molar-refractivity contribution in [3.05, 3.63) is 0 Å². The Morgan fingerprint density at radius 1 is 1.13 bits per heavy atom. The van der Waals surface area contributed by atoms with Gasteiger partial charge in [-0.15, -0.1) is 0 Å². The van der Waals surface area contributed by atoms with Gasteiger partial charge in [0.15, 0.2) is 12.2 Å². The van der Waals surface area contributed by atoms with Gasteiger partial charge < -0.3 is 14.2 Å². The summed E-state index contributed by atoms with van der Waals surface area (Å²) in [6.45, 7) is 0. The zero-order chi connectivity index (χ0) is 18.2. The van der Waals surface area contributed by atoms with Crippen molar-refractivity contribution in [1.29, 1.82) is 0 Å². The van der Waals surface area contributed by atoms with Crippen molar-refractivity contribution in [2.75, 3.05) is 14.2 Å². The Morgan fingerprint density at radius 2 is 1.61 bits per heavy atom. The molecular weight excluding hydrogens is 356 g/mol. The first-order valence-corrected chi connectivity index (χ1v) is 7.29. The number of rotatable bonds is 5. The fourth-order valence-electron chi connectivity index (χ4n) is 2.03. The Hall–Kier alpha value is -1.47. The van der Waals surface area contributed by atoms with Gasteiger partial charge in [-0.05, 0) is 6.42 Å². The summed E-state index contributed by atoms with van der Waals surface area (Å²) in [5.41, 5.74) is 0. The van der Waals surface area contributed by atoms with Crippen molar-refractivity contribution in [3.8, 4) is 0 Å². The van der Waals surface area contributed by atoms with Gasteiger partial charge in [-0.1, -0.05) is 0 Å². The van der Waals surface area contributed by atoms with Crippen molar-refractivity contribution in [3.63, 3.8) is 0 Å². The van der Waals surface area contributed by atoms with E-state index in [2.05, 4.69) is 14.2 Å². The van der Waals surface area contributed by atoms with Gasteiger partial charge >= 0.3 is 33.2 Å². The highest BCUT2D eigenvalue weighted by molar-refractivity contribution is 7.87. The Morgan fingerprint density at radius 3 is 2.00 bits per heavy atom. The van der Waals surface area contributed by atoms with E-state index in [9.17, 15) is 35.6 Å². The van der Waals surface area contributed by atoms with Crippen LogP contribution in [0.3, 0.4) is 0 Å². The summed E-state index contributed by atoms with van der Waals surface area (Å²) in [5.74, 6) is -10.9. The van der Waals surface area contributed by atoms with Crippen molar-refractivity contribution < 1.29 is 54.3 Å². The molecule has 3 atom stereocenters. The first-order chi connectivity index (χ1) is 10.3. The first kappa shape index (κ1) is 19.6. The van der Waals surface area contributed by atoms with Crippen LogP contribution in [-0.4, -0.2) is 62.5 Å². The van der Waals surface area contributed by atoms with Crippen LogP contribution < -0.4 is 0 Å². The summed E-state index contributed by atoms with van der Waals surface area (Å²) in [4.78, 5) is 22.7. The van der Waals surface area contributed by atoms with E-state index in [-0.39, 0.29) is 0 Å². The Kier molecular flexibility index (Phi) is 5.28. The van der Waals surface area contributed by atoms with Crippen molar-refractivity contribution in [2.45, 2.75) is 29.8 Å². The van der Waals surface area contributed by atoms with Crippen molar-refractivity contribution in [1.82, 2.24) is 0 Å². The van der Waals surface area contributed by atoms with Crippen LogP contribution >= 0.6 is 0 Å². The lowest BCUT2D eigenvalue weighted by Crippen LogP contribution is -2.54. The molecule has 0 aromatic heterocycles. The van der Waals surface area contributed by atoms with E-state index in [1.54, 1.807) is 0 Å². The number of methoxy groups -OCH3 is 2. The second-order valence-electron chi connectivity index (χ2n) is 4.55. The van der Waals surface area contributed by atoms with Gasteiger partial charge in [-0.2, -0.15) is 26.0 Å². The van der Waals surface area contributed by atoms with E-state index in [0.717, 1.165) is 14.2 Å². The average molecular weight is 368 g/mol. The Labute approximate surface area is 127 Å². The molecule has 0 radical (unpaired) electrons. The highest BCUT2D eigenvalue weighted by atomic mass is 32.2. The smallest absolute Gasteiger partial charge is 0.431 e. The molecule has 0 spiro atoms. The van der Waals surface area contributed by atoms with Crippen LogP contribution in [-0.2, 0) is 33.9 Å². The second kappa shape index (κ2) is 6.20. The topological polar surface area (TPSA) is 116 Å². The lowest BCUT2D eigenvalue weighted by molar-refractivity contribution is -0.207. The van der Waals surface area contributed by atoms with Crippen molar-refractivity contribution in [2.24, 2.45) is 5.92 Å². The SMILES string of the molecule is COC(=O)C1CC(C(F)(F)C(F)(F)S(=O)(=O)O)C(C(=O)OC)O1. The minimum atomic E-state index is -6.50. The van der Waals surface area contributed by atoms with Crippen LogP contribution in [0.15, 0.2) is 0 Å². The quantitative estimate of drug-likeness (QED) is 0.416. The molecule has 13 heteroatoms. The minimum absolute atomic E-state index is 0.743. The van der Waals surface area contributed by atoms with Gasteiger partial charge in [0.25, 0.3) is 0 Å². The van der Waals surface area contributed by atoms with Crippen LogP contribution in [0.25, 0.3) is 0 Å². The fraction of sp³-hybridized carbons (Fsp3) is 0.800. The number of halogens is 4. The van der Waals surface area contributed by atoms with Crippen LogP contribution in [0, 0.1) is 5.92 Å². The highest BCUT2D eigenvalue weighted by Gasteiger charge is 2.72. The number of hydrogen-bond donors (Lipinski definition) is 1. The lowest BCUT2D eigenvalue weighted by atomic mass is 9.92. The maximum Gasteiger partial charge on any atom is 0.431 e. The largest absolute Gasteiger partial charge is 0.467 e. The van der Waals surface area contributed by atoms with E-state index in [1.807, 2.05) is 0 Å². The zero-order valence-corrected chi connectivity index (χ0v) is 12.5. The summed E-state index contributed by atoms with van der Waals surface area (Å²) < 4.78 is 97.1. The molecule has 0 aromatic rings. The fourth-order valence-corrected chi connectivity index (χ4v) is 2.52. The molecule has 1 fully saturated rings. The molecule has 0 aromatic carbocycles. The van der Waals surface area contributed by atoms with E-state index in [0.29, 0.717) is 0 Å². The summed E-state index contributed by atoms with van der Waals surface area (Å²) in [6.07, 6.45) is -5.31. The van der Waals surface area contributed by atoms with Gasteiger partial charge in [-0.3, -0.25) is 4.55 Å². The van der Waals surface area contributed by atoms with Crippen LogP contribution in [0.5, 0.6) is 0 Å². The molecule has 23 heavy (non-hydrogen) atoms. The van der Waals surface area contributed by atoms with Gasteiger partial charge in [0.1, 0.15) is 0 Å². The number of alkyl halides is 4. The predicted molar refractivity (Wildman–Crippen MR) is 62.2 cm³/mol. The van der Waals surface area contributed by atoms with E-state index >= 15 is 0 Å². The number of hydrogen-bond acceptors (Lipinski definition) is 7. The maximum atomic E-state index is 14.0. The third-order valence-corrected chi connectivity index (χ3v) is 4.14. The van der Waals surface area contributed by atoms with Crippen LogP contribution in [0.1, 0.15) is 6.42 Å². The first-order valence-electron chi connectivity index (χ1n) is 5.85. The van der Waals surface area contributed by atoms with Gasteiger partial charge in [0, 0.05) is 0 Å². The predicted octanol–water partition coefficient (Wildman–Crippen LogP) is 0.222. The minimum Gasteiger partial charge on any atom is -0.467 e. The molecule has 1 rings (SSSR count). The molecule has 0 aliphatic carbocycles. The van der Waals surface area contributed by atoms with E-state index in [4.69, 9.17) is 4.55 Å². The van der Waals surface area contributed by atoms with E-state index < -0.39 is 57.8 Å². The average Bonchev–Trinajstić information content (AvgIpc) is 2.89. The molecule has 0 amide bonds. The normalized spacial score (nSPS) is 26.0. The molecule has 0 saturated carbocycles. The standard InChI is InChI=1S/C10H12F4O8S/c1-20-7(15)5-3-4(6(22-5)8(16)21-2)9(11,12)10(13,14)23(17,18)19/h4-6H,3H2,1-2H3,(H,17,18,19). The molecule has 1 aliphatic rings. The Bertz CT molecular complexity index is 590.